The third-order valence-electron chi connectivity index (χ3n) is 3.73. The minimum atomic E-state index is 0.197. The van der Waals surface area contributed by atoms with Gasteiger partial charge in [0.25, 0.3) is 0 Å². The summed E-state index contributed by atoms with van der Waals surface area (Å²) in [6, 6.07) is 13.5. The fraction of sp³-hybridized carbons (Fsp3) is 0.118. The van der Waals surface area contributed by atoms with Gasteiger partial charge in [-0.1, -0.05) is 47.6 Å². The van der Waals surface area contributed by atoms with Crippen molar-refractivity contribution in [2.24, 2.45) is 4.36 Å². The first kappa shape index (κ1) is 15.6. The molecule has 0 saturated heterocycles. The zero-order valence-corrected chi connectivity index (χ0v) is 14.1. The van der Waals surface area contributed by atoms with Gasteiger partial charge in [0.15, 0.2) is 0 Å². The molecule has 6 heteroatoms. The van der Waals surface area contributed by atoms with Crippen LogP contribution in [0.1, 0.15) is 11.1 Å². The summed E-state index contributed by atoms with van der Waals surface area (Å²) in [5, 5.41) is 4.32. The maximum absolute atomic E-state index is 10.8. The number of rotatable bonds is 3. The molecule has 23 heavy (non-hydrogen) atoms. The highest BCUT2D eigenvalue weighted by Gasteiger charge is 2.21. The number of halogens is 1. The smallest absolute Gasteiger partial charge is 0.234 e. The molecule has 4 nitrogen and oxygen atoms in total. The van der Waals surface area contributed by atoms with Crippen LogP contribution in [0.5, 0.6) is 0 Å². The fourth-order valence-electron chi connectivity index (χ4n) is 2.58. The number of nitrogens with zero attached hydrogens (tertiary/aromatic N) is 2. The summed E-state index contributed by atoms with van der Waals surface area (Å²) < 4.78 is 20.0. The molecule has 0 unspecified atom stereocenters. The van der Waals surface area contributed by atoms with E-state index in [1.54, 1.807) is 0 Å². The third kappa shape index (κ3) is 2.85. The van der Waals surface area contributed by atoms with E-state index in [2.05, 4.69) is 9.52 Å². The van der Waals surface area contributed by atoms with Gasteiger partial charge in [-0.05, 0) is 42.1 Å². The van der Waals surface area contributed by atoms with Crippen LogP contribution in [0.15, 0.2) is 51.4 Å². The van der Waals surface area contributed by atoms with E-state index in [0.29, 0.717) is 16.9 Å². The summed E-state index contributed by atoms with van der Waals surface area (Å²) in [4.78, 5) is 0. The van der Waals surface area contributed by atoms with E-state index in [9.17, 15) is 4.21 Å². The Bertz CT molecular complexity index is 916. The molecule has 116 valence electrons. The van der Waals surface area contributed by atoms with Crippen molar-refractivity contribution in [3.63, 3.8) is 0 Å². The SMILES string of the molecule is Cc1ccc(-c2c(-c3ccccc3)noc2Cl)c(C)c1N=S=O. The average Bonchev–Trinajstić information content (AvgIpc) is 2.94. The molecule has 3 rings (SSSR count). The second kappa shape index (κ2) is 6.48. The van der Waals surface area contributed by atoms with Crippen LogP contribution >= 0.6 is 11.6 Å². The Kier molecular flexibility index (Phi) is 4.41. The van der Waals surface area contributed by atoms with E-state index < -0.39 is 0 Å². The van der Waals surface area contributed by atoms with Crippen LogP contribution in [0.4, 0.5) is 5.69 Å². The molecule has 0 atom stereocenters. The van der Waals surface area contributed by atoms with Crippen LogP contribution in [-0.4, -0.2) is 9.37 Å². The fourth-order valence-corrected chi connectivity index (χ4v) is 3.16. The first-order valence-electron chi connectivity index (χ1n) is 6.94. The minimum absolute atomic E-state index is 0.197. The van der Waals surface area contributed by atoms with Gasteiger partial charge in [-0.15, -0.1) is 0 Å². The van der Waals surface area contributed by atoms with Gasteiger partial charge in [0, 0.05) is 5.56 Å². The maximum Gasteiger partial charge on any atom is 0.234 e. The highest BCUT2D eigenvalue weighted by atomic mass is 35.5. The van der Waals surface area contributed by atoms with E-state index in [-0.39, 0.29) is 16.7 Å². The highest BCUT2D eigenvalue weighted by Crippen LogP contribution is 2.41. The molecule has 0 aliphatic heterocycles. The second-order valence-electron chi connectivity index (χ2n) is 5.12. The molecule has 0 spiro atoms. The van der Waals surface area contributed by atoms with Gasteiger partial charge in [0.2, 0.25) is 16.7 Å². The number of hydrogen-bond acceptors (Lipinski definition) is 4. The summed E-state index contributed by atoms with van der Waals surface area (Å²) >= 11 is 6.44. The average molecular weight is 345 g/mol. The second-order valence-corrected chi connectivity index (χ2v) is 5.79. The predicted molar refractivity (Wildman–Crippen MR) is 92.1 cm³/mol. The first-order valence-corrected chi connectivity index (χ1v) is 8.02. The Hall–Kier alpha value is -2.24. The largest absolute Gasteiger partial charge is 0.343 e. The zero-order valence-electron chi connectivity index (χ0n) is 12.5. The molecule has 1 aromatic heterocycles. The van der Waals surface area contributed by atoms with Gasteiger partial charge < -0.3 is 4.52 Å². The number of aryl methyl sites for hydroxylation is 1. The summed E-state index contributed by atoms with van der Waals surface area (Å²) in [7, 11) is 0. The number of aromatic nitrogens is 1. The molecule has 2 aromatic carbocycles. The quantitative estimate of drug-likeness (QED) is 0.647. The van der Waals surface area contributed by atoms with Crippen molar-refractivity contribution in [2.45, 2.75) is 13.8 Å². The number of benzene rings is 2. The van der Waals surface area contributed by atoms with Crippen molar-refractivity contribution in [1.82, 2.24) is 5.16 Å². The van der Waals surface area contributed by atoms with Gasteiger partial charge >= 0.3 is 0 Å². The normalized spacial score (nSPS) is 10.6. The van der Waals surface area contributed by atoms with Crippen LogP contribution in [0, 0.1) is 13.8 Å². The standard InChI is InChI=1S/C17H13ClN2O2S/c1-10-8-9-13(11(2)15(10)20-23-21)14-16(19-22-17(14)18)12-6-4-3-5-7-12/h3-9H,1-2H3. The van der Waals surface area contributed by atoms with Crippen molar-refractivity contribution in [3.8, 4) is 22.4 Å². The van der Waals surface area contributed by atoms with Gasteiger partial charge in [-0.3, -0.25) is 0 Å². The molecule has 0 saturated carbocycles. The van der Waals surface area contributed by atoms with Crippen molar-refractivity contribution >= 4 is 28.8 Å². The highest BCUT2D eigenvalue weighted by molar-refractivity contribution is 7.54. The monoisotopic (exact) mass is 344 g/mol. The Labute approximate surface area is 142 Å². The summed E-state index contributed by atoms with van der Waals surface area (Å²) in [6.07, 6.45) is 0. The molecule has 0 aliphatic rings. The molecule has 0 radical (unpaired) electrons. The molecule has 0 N–H and O–H groups in total. The van der Waals surface area contributed by atoms with Crippen molar-refractivity contribution in [2.75, 3.05) is 0 Å². The molecule has 0 fully saturated rings. The predicted octanol–water partition coefficient (Wildman–Crippen LogP) is 5.31. The lowest BCUT2D eigenvalue weighted by Crippen LogP contribution is -1.89. The summed E-state index contributed by atoms with van der Waals surface area (Å²) in [5.41, 5.74) is 5.62. The van der Waals surface area contributed by atoms with Crippen molar-refractivity contribution in [3.05, 3.63) is 58.8 Å². The van der Waals surface area contributed by atoms with Gasteiger partial charge in [0.05, 0.1) is 11.3 Å². The maximum atomic E-state index is 10.8. The van der Waals surface area contributed by atoms with Crippen LogP contribution < -0.4 is 0 Å². The van der Waals surface area contributed by atoms with E-state index >= 15 is 0 Å². The lowest BCUT2D eigenvalue weighted by molar-refractivity contribution is 0.424. The van der Waals surface area contributed by atoms with Crippen LogP contribution in [0.3, 0.4) is 0 Å². The molecule has 0 aliphatic carbocycles. The van der Waals surface area contributed by atoms with Gasteiger partial charge in [0.1, 0.15) is 5.69 Å². The molecular weight excluding hydrogens is 332 g/mol. The summed E-state index contributed by atoms with van der Waals surface area (Å²) in [6.45, 7) is 3.83. The molecular formula is C17H13ClN2O2S. The van der Waals surface area contributed by atoms with Crippen molar-refractivity contribution < 1.29 is 8.73 Å². The van der Waals surface area contributed by atoms with Gasteiger partial charge in [-0.25, -0.2) is 0 Å². The van der Waals surface area contributed by atoms with Crippen LogP contribution in [-0.2, 0) is 11.5 Å². The van der Waals surface area contributed by atoms with E-state index in [1.807, 2.05) is 56.3 Å². The van der Waals surface area contributed by atoms with E-state index in [1.165, 1.54) is 0 Å². The van der Waals surface area contributed by atoms with Gasteiger partial charge in [-0.2, -0.15) is 8.57 Å². The lowest BCUT2D eigenvalue weighted by atomic mass is 9.95. The zero-order chi connectivity index (χ0) is 16.4. The van der Waals surface area contributed by atoms with E-state index in [0.717, 1.165) is 22.3 Å². The molecule has 3 aromatic rings. The first-order chi connectivity index (χ1) is 11.1. The van der Waals surface area contributed by atoms with E-state index in [4.69, 9.17) is 16.1 Å². The van der Waals surface area contributed by atoms with Crippen molar-refractivity contribution in [1.29, 1.82) is 0 Å². The molecule has 0 amide bonds. The summed E-state index contributed by atoms with van der Waals surface area (Å²) in [5.74, 6) is 0. The minimum Gasteiger partial charge on any atom is -0.343 e. The Morgan fingerprint density at radius 2 is 1.87 bits per heavy atom. The lowest BCUT2D eigenvalue weighted by Gasteiger charge is -2.10. The number of hydrogen-bond donors (Lipinski definition) is 0. The topological polar surface area (TPSA) is 55.5 Å². The molecule has 0 bridgehead atoms. The Balaban J connectivity index is 2.27. The Morgan fingerprint density at radius 1 is 1.13 bits per heavy atom. The third-order valence-corrected chi connectivity index (χ3v) is 4.24. The Morgan fingerprint density at radius 3 is 2.57 bits per heavy atom. The van der Waals surface area contributed by atoms with Crippen LogP contribution in [0.2, 0.25) is 5.22 Å². The van der Waals surface area contributed by atoms with Crippen LogP contribution in [0.25, 0.3) is 22.4 Å². The molecule has 1 heterocycles.